The fraction of sp³-hybridized carbons (Fsp3) is 0.769. The lowest BCUT2D eigenvalue weighted by molar-refractivity contribution is -0.139. The summed E-state index contributed by atoms with van der Waals surface area (Å²) in [4.78, 5) is 11.5. The Hall–Kier alpha value is -0.450. The van der Waals surface area contributed by atoms with E-state index in [1.54, 1.807) is 22.6 Å². The maximum atomic E-state index is 12.3. The van der Waals surface area contributed by atoms with Crippen molar-refractivity contribution < 1.29 is 43.7 Å². The molecule has 0 saturated heterocycles. The van der Waals surface area contributed by atoms with Crippen LogP contribution >= 0.6 is 22.6 Å². The summed E-state index contributed by atoms with van der Waals surface area (Å²) in [6.07, 6.45) is 2.15. The van der Waals surface area contributed by atoms with Crippen molar-refractivity contribution in [3.8, 4) is 0 Å². The zero-order chi connectivity index (χ0) is 20.6. The molecule has 0 aromatic heterocycles. The van der Waals surface area contributed by atoms with Gasteiger partial charge in [-0.3, -0.25) is 4.18 Å². The van der Waals surface area contributed by atoms with Gasteiger partial charge in [-0.15, -0.1) is 0 Å². The molecule has 0 radical (unpaired) electrons. The second-order valence-corrected chi connectivity index (χ2v) is 11.0. The molecule has 14 heteroatoms. The Kier molecular flexibility index (Phi) is 6.87. The molecule has 2 aliphatic carbocycles. The quantitative estimate of drug-likeness (QED) is 0.280. The minimum atomic E-state index is -6.08. The SMILES string of the molecule is C=C(I)C(=O)OCC1C2CCC1C(COS(=O)(=O)NS(=O)(=O)C(F)(F)F)C2. The molecule has 0 heterocycles. The predicted molar refractivity (Wildman–Crippen MR) is 94.9 cm³/mol. The highest BCUT2D eigenvalue weighted by Gasteiger charge is 2.50. The van der Waals surface area contributed by atoms with Crippen LogP contribution in [0.4, 0.5) is 13.2 Å². The van der Waals surface area contributed by atoms with Crippen LogP contribution in [0.2, 0.25) is 0 Å². The van der Waals surface area contributed by atoms with Gasteiger partial charge in [0.1, 0.15) is 0 Å². The van der Waals surface area contributed by atoms with E-state index < -0.39 is 38.4 Å². The lowest BCUT2D eigenvalue weighted by Crippen LogP contribution is -2.41. The van der Waals surface area contributed by atoms with Crippen LogP contribution in [-0.4, -0.2) is 41.5 Å². The lowest BCUT2D eigenvalue weighted by Gasteiger charge is -2.22. The first-order chi connectivity index (χ1) is 12.2. The van der Waals surface area contributed by atoms with Gasteiger partial charge in [0.15, 0.2) is 0 Å². The van der Waals surface area contributed by atoms with Crippen LogP contribution < -0.4 is 4.13 Å². The van der Waals surface area contributed by atoms with Gasteiger partial charge in [0.05, 0.1) is 16.8 Å². The van der Waals surface area contributed by atoms with Crippen LogP contribution in [0, 0.1) is 23.7 Å². The maximum absolute atomic E-state index is 12.3. The van der Waals surface area contributed by atoms with Crippen molar-refractivity contribution >= 4 is 48.9 Å². The number of fused-ring (bicyclic) bond motifs is 2. The van der Waals surface area contributed by atoms with E-state index in [2.05, 4.69) is 10.8 Å². The van der Waals surface area contributed by atoms with Crippen molar-refractivity contribution in [3.05, 3.63) is 10.2 Å². The van der Waals surface area contributed by atoms with Gasteiger partial charge >= 0.3 is 31.8 Å². The Balaban J connectivity index is 1.92. The number of esters is 1. The van der Waals surface area contributed by atoms with Gasteiger partial charge in [-0.1, -0.05) is 10.7 Å². The Bertz CT molecular complexity index is 812. The summed E-state index contributed by atoms with van der Waals surface area (Å²) in [5, 5.41) is 0. The summed E-state index contributed by atoms with van der Waals surface area (Å²) in [6, 6.07) is 0. The third-order valence-corrected chi connectivity index (χ3v) is 8.01. The van der Waals surface area contributed by atoms with Crippen molar-refractivity contribution in [2.24, 2.45) is 23.7 Å². The normalized spacial score (nSPS) is 28.3. The molecule has 0 aromatic rings. The van der Waals surface area contributed by atoms with Crippen LogP contribution in [0.25, 0.3) is 0 Å². The maximum Gasteiger partial charge on any atom is 0.512 e. The van der Waals surface area contributed by atoms with E-state index in [-0.39, 0.29) is 33.9 Å². The Morgan fingerprint density at radius 1 is 1.19 bits per heavy atom. The average Bonchev–Trinajstić information content (AvgIpc) is 3.05. The smallest absolute Gasteiger partial charge is 0.461 e. The average molecular weight is 547 g/mol. The minimum Gasteiger partial charge on any atom is -0.461 e. The van der Waals surface area contributed by atoms with E-state index in [4.69, 9.17) is 4.74 Å². The zero-order valence-electron chi connectivity index (χ0n) is 13.7. The van der Waals surface area contributed by atoms with E-state index in [0.29, 0.717) is 10.5 Å². The van der Waals surface area contributed by atoms with Gasteiger partial charge in [0.2, 0.25) is 0 Å². The van der Waals surface area contributed by atoms with Crippen molar-refractivity contribution in [2.45, 2.75) is 24.8 Å². The van der Waals surface area contributed by atoms with E-state index >= 15 is 0 Å². The molecular weight excluding hydrogens is 530 g/mol. The topological polar surface area (TPSA) is 116 Å². The fourth-order valence-corrected chi connectivity index (χ4v) is 5.87. The minimum absolute atomic E-state index is 0.00660. The highest BCUT2D eigenvalue weighted by Crippen LogP contribution is 2.53. The summed E-state index contributed by atoms with van der Waals surface area (Å²) in [7, 11) is -11.2. The number of rotatable bonds is 8. The van der Waals surface area contributed by atoms with Crippen LogP contribution in [0.5, 0.6) is 0 Å². The molecular formula is C13H17F3INO7S2. The highest BCUT2D eigenvalue weighted by atomic mass is 127. The molecule has 4 atom stereocenters. The van der Waals surface area contributed by atoms with E-state index in [1.165, 1.54) is 0 Å². The molecule has 2 bridgehead atoms. The summed E-state index contributed by atoms with van der Waals surface area (Å²) in [5.41, 5.74) is -5.77. The van der Waals surface area contributed by atoms with Gasteiger partial charge in [-0.2, -0.15) is 21.6 Å². The molecule has 2 aliphatic rings. The third-order valence-electron chi connectivity index (χ3n) is 4.82. The molecule has 8 nitrogen and oxygen atoms in total. The summed E-state index contributed by atoms with van der Waals surface area (Å²) < 4.78 is 92.0. The molecule has 27 heavy (non-hydrogen) atoms. The van der Waals surface area contributed by atoms with Gasteiger partial charge in [-0.05, 0) is 65.5 Å². The van der Waals surface area contributed by atoms with Crippen LogP contribution in [0.3, 0.4) is 0 Å². The second kappa shape index (κ2) is 8.12. The number of alkyl halides is 3. The highest BCUT2D eigenvalue weighted by molar-refractivity contribution is 14.1. The third kappa shape index (κ3) is 5.55. The number of hydrogen-bond donors (Lipinski definition) is 1. The number of carbonyl (C=O) groups is 1. The second-order valence-electron chi connectivity index (χ2n) is 6.44. The Labute approximate surface area is 168 Å². The first kappa shape index (κ1) is 22.8. The summed E-state index contributed by atoms with van der Waals surface area (Å²) >= 11 is 1.73. The van der Waals surface area contributed by atoms with Crippen molar-refractivity contribution in [3.63, 3.8) is 0 Å². The standard InChI is InChI=1S/C13H17F3INO7S2/c1-7(17)12(19)24-6-11-8-2-3-10(11)9(4-8)5-25-27(22,23)18-26(20,21)13(14,15)16/h8-11,18H,1-6H2. The number of hydrogen-bond acceptors (Lipinski definition) is 7. The first-order valence-corrected chi connectivity index (χ1v) is 11.7. The number of carbonyl (C=O) groups excluding carboxylic acids is 1. The number of sulfonamides is 1. The lowest BCUT2D eigenvalue weighted by atomic mass is 9.89. The van der Waals surface area contributed by atoms with Gasteiger partial charge < -0.3 is 4.74 Å². The zero-order valence-corrected chi connectivity index (χ0v) is 17.5. The van der Waals surface area contributed by atoms with Crippen LogP contribution in [-0.2, 0) is 34.0 Å². The van der Waals surface area contributed by atoms with E-state index in [9.17, 15) is 34.8 Å². The molecule has 2 saturated carbocycles. The Morgan fingerprint density at radius 3 is 2.37 bits per heavy atom. The van der Waals surface area contributed by atoms with Gasteiger partial charge in [0, 0.05) is 0 Å². The number of ether oxygens (including phenoxy) is 1. The first-order valence-electron chi connectivity index (χ1n) is 7.74. The molecule has 0 spiro atoms. The van der Waals surface area contributed by atoms with Crippen molar-refractivity contribution in [2.75, 3.05) is 13.2 Å². The molecule has 0 amide bonds. The molecule has 0 aliphatic heterocycles. The van der Waals surface area contributed by atoms with Crippen LogP contribution in [0.15, 0.2) is 10.2 Å². The van der Waals surface area contributed by atoms with Crippen molar-refractivity contribution in [1.82, 2.24) is 4.13 Å². The molecule has 4 unspecified atom stereocenters. The van der Waals surface area contributed by atoms with E-state index in [1.807, 2.05) is 0 Å². The van der Waals surface area contributed by atoms with E-state index in [0.717, 1.165) is 12.8 Å². The Morgan fingerprint density at radius 2 is 1.81 bits per heavy atom. The molecule has 1 N–H and O–H groups in total. The van der Waals surface area contributed by atoms with Crippen molar-refractivity contribution in [1.29, 1.82) is 0 Å². The monoisotopic (exact) mass is 547 g/mol. The molecule has 2 rings (SSSR count). The summed E-state index contributed by atoms with van der Waals surface area (Å²) in [6.45, 7) is 3.15. The summed E-state index contributed by atoms with van der Waals surface area (Å²) in [5.74, 6) is -0.694. The van der Waals surface area contributed by atoms with Gasteiger partial charge in [-0.25, -0.2) is 13.2 Å². The predicted octanol–water partition coefficient (Wildman–Crippen LogP) is 1.84. The fourth-order valence-electron chi connectivity index (χ4n) is 3.71. The molecule has 0 aromatic carbocycles. The van der Waals surface area contributed by atoms with Crippen LogP contribution in [0.1, 0.15) is 19.3 Å². The largest absolute Gasteiger partial charge is 0.512 e. The molecule has 156 valence electrons. The molecule has 2 fully saturated rings. The number of halogens is 4. The van der Waals surface area contributed by atoms with Gasteiger partial charge in [0.25, 0.3) is 0 Å². The number of nitrogens with one attached hydrogen (secondary N) is 1.